The number of rotatable bonds is 4. The number of hydrogen-bond donors (Lipinski definition) is 1. The normalized spacial score (nSPS) is 23.0. The van der Waals surface area contributed by atoms with E-state index in [-0.39, 0.29) is 6.23 Å². The molecule has 1 fully saturated rings. The summed E-state index contributed by atoms with van der Waals surface area (Å²) in [4.78, 5) is 12.8. The number of nitrogens with one attached hydrogen (secondary N) is 1. The van der Waals surface area contributed by atoms with Crippen LogP contribution in [0, 0.1) is 0 Å². The summed E-state index contributed by atoms with van der Waals surface area (Å²) < 4.78 is 5.23. The van der Waals surface area contributed by atoms with Crippen LogP contribution in [0.4, 0.5) is 0 Å². The van der Waals surface area contributed by atoms with Crippen molar-refractivity contribution in [1.29, 1.82) is 0 Å². The van der Waals surface area contributed by atoms with Crippen molar-refractivity contribution in [2.75, 3.05) is 19.6 Å². The molecule has 17 heavy (non-hydrogen) atoms. The van der Waals surface area contributed by atoms with Crippen molar-refractivity contribution in [2.45, 2.75) is 19.2 Å². The largest absolute Gasteiger partial charge is 0.444 e. The summed E-state index contributed by atoms with van der Waals surface area (Å²) in [7, 11) is 0. The lowest BCUT2D eigenvalue weighted by molar-refractivity contribution is -0.145. The average molecular weight is 234 g/mol. The number of hydrogen-bond acceptors (Lipinski definition) is 4. The molecular formula is C13H18N2O2. The fraction of sp³-hybridized carbons (Fsp3) is 0.462. The second-order valence-corrected chi connectivity index (χ2v) is 4.35. The predicted molar refractivity (Wildman–Crippen MR) is 65.4 cm³/mol. The maximum absolute atomic E-state index is 10.6. The third-order valence-electron chi connectivity index (χ3n) is 3.00. The predicted octanol–water partition coefficient (Wildman–Crippen LogP) is 1.15. The van der Waals surface area contributed by atoms with Crippen LogP contribution < -0.4 is 5.32 Å². The first-order chi connectivity index (χ1) is 8.31. The third-order valence-corrected chi connectivity index (χ3v) is 3.00. The molecule has 1 aliphatic heterocycles. The first kappa shape index (κ1) is 12.1. The highest BCUT2D eigenvalue weighted by molar-refractivity contribution is 5.38. The van der Waals surface area contributed by atoms with Gasteiger partial charge in [-0.15, -0.1) is 0 Å². The van der Waals surface area contributed by atoms with E-state index in [0.29, 0.717) is 12.5 Å². The molecule has 1 aromatic carbocycles. The topological polar surface area (TPSA) is 41.6 Å². The number of piperazine rings is 1. The number of carbonyl (C=O) groups excluding carboxylic acids is 1. The van der Waals surface area contributed by atoms with Gasteiger partial charge in [0.1, 0.15) is 0 Å². The minimum absolute atomic E-state index is 0.266. The Labute approximate surface area is 102 Å². The van der Waals surface area contributed by atoms with E-state index in [9.17, 15) is 4.79 Å². The molecule has 1 N–H and O–H groups in total. The van der Waals surface area contributed by atoms with E-state index in [1.165, 1.54) is 0 Å². The van der Waals surface area contributed by atoms with Crippen LogP contribution in [0.1, 0.15) is 18.7 Å². The molecule has 0 bridgehead atoms. The molecule has 0 radical (unpaired) electrons. The first-order valence-electron chi connectivity index (χ1n) is 5.92. The van der Waals surface area contributed by atoms with Crippen molar-refractivity contribution < 1.29 is 9.53 Å². The molecule has 0 saturated carbocycles. The van der Waals surface area contributed by atoms with E-state index < -0.39 is 0 Å². The molecule has 2 rings (SSSR count). The Morgan fingerprint density at radius 1 is 1.47 bits per heavy atom. The summed E-state index contributed by atoms with van der Waals surface area (Å²) in [5.41, 5.74) is 1.02. The summed E-state index contributed by atoms with van der Waals surface area (Å²) in [6, 6.07) is 10.3. The van der Waals surface area contributed by atoms with Crippen LogP contribution in [-0.4, -0.2) is 37.0 Å². The van der Waals surface area contributed by atoms with Crippen LogP contribution >= 0.6 is 0 Å². The van der Waals surface area contributed by atoms with Crippen molar-refractivity contribution in [1.82, 2.24) is 10.2 Å². The Kier molecular flexibility index (Phi) is 4.12. The second kappa shape index (κ2) is 5.80. The summed E-state index contributed by atoms with van der Waals surface area (Å²) in [5, 5.41) is 3.37. The van der Waals surface area contributed by atoms with Crippen LogP contribution in [0.15, 0.2) is 30.3 Å². The number of nitrogens with zero attached hydrogens (tertiary/aromatic N) is 1. The number of ether oxygens (including phenoxy) is 1. The lowest BCUT2D eigenvalue weighted by Crippen LogP contribution is -2.50. The molecule has 0 aliphatic carbocycles. The minimum atomic E-state index is -0.266. The lowest BCUT2D eigenvalue weighted by Gasteiger charge is -2.36. The number of carbonyl (C=O) groups is 1. The van der Waals surface area contributed by atoms with Crippen LogP contribution in [0.5, 0.6) is 0 Å². The van der Waals surface area contributed by atoms with Crippen LogP contribution in [0.25, 0.3) is 0 Å². The Morgan fingerprint density at radius 2 is 2.24 bits per heavy atom. The zero-order valence-electron chi connectivity index (χ0n) is 10.0. The third kappa shape index (κ3) is 3.05. The van der Waals surface area contributed by atoms with Crippen molar-refractivity contribution in [3.8, 4) is 0 Å². The molecule has 1 saturated heterocycles. The standard InChI is InChI=1S/C13H18N2O2/c1-11-9-15(8-7-14-11)13(17-10-16)12-5-3-2-4-6-12/h2-6,10-11,13-14H,7-9H2,1H3. The molecule has 1 aliphatic rings. The van der Waals surface area contributed by atoms with Gasteiger partial charge in [0.15, 0.2) is 6.23 Å². The van der Waals surface area contributed by atoms with Gasteiger partial charge < -0.3 is 10.1 Å². The van der Waals surface area contributed by atoms with Gasteiger partial charge in [0.25, 0.3) is 6.47 Å². The molecule has 2 atom stereocenters. The molecule has 2 unspecified atom stereocenters. The van der Waals surface area contributed by atoms with Gasteiger partial charge in [0, 0.05) is 31.2 Å². The van der Waals surface area contributed by atoms with E-state index in [1.807, 2.05) is 30.3 Å². The van der Waals surface area contributed by atoms with E-state index in [2.05, 4.69) is 17.1 Å². The van der Waals surface area contributed by atoms with Gasteiger partial charge in [0.2, 0.25) is 0 Å². The molecule has 0 amide bonds. The SMILES string of the molecule is CC1CN(C(OC=O)c2ccccc2)CCN1. The molecular weight excluding hydrogens is 216 g/mol. The van der Waals surface area contributed by atoms with Crippen molar-refractivity contribution in [2.24, 2.45) is 0 Å². The molecule has 92 valence electrons. The fourth-order valence-corrected chi connectivity index (χ4v) is 2.22. The second-order valence-electron chi connectivity index (χ2n) is 4.35. The summed E-state index contributed by atoms with van der Waals surface area (Å²) in [6.07, 6.45) is -0.266. The summed E-state index contributed by atoms with van der Waals surface area (Å²) in [5.74, 6) is 0. The van der Waals surface area contributed by atoms with Gasteiger partial charge >= 0.3 is 0 Å². The van der Waals surface area contributed by atoms with Gasteiger partial charge in [-0.3, -0.25) is 9.69 Å². The Balaban J connectivity index is 2.14. The van der Waals surface area contributed by atoms with Crippen LogP contribution in [-0.2, 0) is 9.53 Å². The van der Waals surface area contributed by atoms with Crippen LogP contribution in [0.3, 0.4) is 0 Å². The highest BCUT2D eigenvalue weighted by Crippen LogP contribution is 2.22. The Morgan fingerprint density at radius 3 is 2.88 bits per heavy atom. The fourth-order valence-electron chi connectivity index (χ4n) is 2.22. The molecule has 1 heterocycles. The molecule has 1 aromatic rings. The zero-order valence-corrected chi connectivity index (χ0v) is 10.0. The highest BCUT2D eigenvalue weighted by Gasteiger charge is 2.25. The quantitative estimate of drug-likeness (QED) is 0.794. The van der Waals surface area contributed by atoms with Gasteiger partial charge in [-0.25, -0.2) is 0 Å². The smallest absolute Gasteiger partial charge is 0.294 e. The van der Waals surface area contributed by atoms with Crippen molar-refractivity contribution in [3.63, 3.8) is 0 Å². The number of benzene rings is 1. The highest BCUT2D eigenvalue weighted by atomic mass is 16.5. The van der Waals surface area contributed by atoms with Crippen LogP contribution in [0.2, 0.25) is 0 Å². The molecule has 0 spiro atoms. The first-order valence-corrected chi connectivity index (χ1v) is 5.92. The van der Waals surface area contributed by atoms with Gasteiger partial charge in [0.05, 0.1) is 0 Å². The van der Waals surface area contributed by atoms with Crippen molar-refractivity contribution >= 4 is 6.47 Å². The Hall–Kier alpha value is -1.39. The maximum atomic E-state index is 10.6. The van der Waals surface area contributed by atoms with Gasteiger partial charge in [-0.05, 0) is 6.92 Å². The maximum Gasteiger partial charge on any atom is 0.294 e. The lowest BCUT2D eigenvalue weighted by atomic mass is 10.1. The van der Waals surface area contributed by atoms with Crippen molar-refractivity contribution in [3.05, 3.63) is 35.9 Å². The summed E-state index contributed by atoms with van der Waals surface area (Å²) >= 11 is 0. The van der Waals surface area contributed by atoms with Gasteiger partial charge in [-0.2, -0.15) is 0 Å². The minimum Gasteiger partial charge on any atom is -0.444 e. The molecule has 0 aromatic heterocycles. The van der Waals surface area contributed by atoms with E-state index in [4.69, 9.17) is 4.74 Å². The zero-order chi connectivity index (χ0) is 12.1. The van der Waals surface area contributed by atoms with E-state index >= 15 is 0 Å². The Bertz CT molecular complexity index is 356. The summed E-state index contributed by atoms with van der Waals surface area (Å²) in [6.45, 7) is 5.36. The van der Waals surface area contributed by atoms with E-state index in [0.717, 1.165) is 25.2 Å². The molecule has 4 heteroatoms. The average Bonchev–Trinajstić information content (AvgIpc) is 2.37. The van der Waals surface area contributed by atoms with Gasteiger partial charge in [-0.1, -0.05) is 30.3 Å². The van der Waals surface area contributed by atoms with E-state index in [1.54, 1.807) is 0 Å². The molecule has 4 nitrogen and oxygen atoms in total. The monoisotopic (exact) mass is 234 g/mol.